The van der Waals surface area contributed by atoms with Crippen molar-refractivity contribution in [2.24, 2.45) is 11.8 Å². The third-order valence-corrected chi connectivity index (χ3v) is 16.2. The Kier molecular flexibility index (Phi) is 56.4. The summed E-state index contributed by atoms with van der Waals surface area (Å²) in [5.74, 6) is 1.06. The standard InChI is InChI=1S/C60H118N4O8S2/c1-5-9-13-17-19-27-39-55(37-25-15-11-7-3)59(69)71-51-35-23-21-29-43-63(45-31-33-49-65)47-41-57(67)61-53-73-74-54-62-58(68)42-48-64(46-32-34-50-66)44-30-22-24-36-52-72-60(70)56(38-26-16-12-8-4)40-28-20-18-14-10-6-2/h55-56,65-66H,5-54H2,1-4H3,(H,61,67)(H,62,68). The van der Waals surface area contributed by atoms with Crippen LogP contribution in [0, 0.1) is 11.8 Å². The molecule has 0 bridgehead atoms. The second-order valence-corrected chi connectivity index (χ2v) is 23.6. The number of carbonyl (C=O) groups is 4. The third-order valence-electron chi connectivity index (χ3n) is 14.3. The summed E-state index contributed by atoms with van der Waals surface area (Å²) in [6, 6.07) is 0. The van der Waals surface area contributed by atoms with Crippen molar-refractivity contribution >= 4 is 45.3 Å². The molecule has 0 saturated carbocycles. The lowest BCUT2D eigenvalue weighted by Crippen LogP contribution is -2.32. The average molecular weight is 1090 g/mol. The van der Waals surface area contributed by atoms with E-state index in [2.05, 4.69) is 48.1 Å². The maximum atomic E-state index is 13.0. The van der Waals surface area contributed by atoms with E-state index < -0.39 is 0 Å². The molecule has 0 aliphatic rings. The van der Waals surface area contributed by atoms with Gasteiger partial charge in [0, 0.05) is 39.1 Å². The fourth-order valence-electron chi connectivity index (χ4n) is 9.47. The summed E-state index contributed by atoms with van der Waals surface area (Å²) in [4.78, 5) is 56.2. The lowest BCUT2D eigenvalue weighted by molar-refractivity contribution is -0.150. The first kappa shape index (κ1) is 72.4. The summed E-state index contributed by atoms with van der Waals surface area (Å²) in [7, 11) is 3.04. The zero-order chi connectivity index (χ0) is 54.2. The monoisotopic (exact) mass is 1090 g/mol. The molecule has 2 atom stereocenters. The summed E-state index contributed by atoms with van der Waals surface area (Å²) < 4.78 is 11.6. The van der Waals surface area contributed by atoms with E-state index in [1.54, 1.807) is 0 Å². The summed E-state index contributed by atoms with van der Waals surface area (Å²) in [6.45, 7) is 15.1. The number of amides is 2. The van der Waals surface area contributed by atoms with Crippen molar-refractivity contribution in [1.29, 1.82) is 0 Å². The molecule has 14 heteroatoms. The minimum Gasteiger partial charge on any atom is -0.465 e. The quantitative estimate of drug-likeness (QED) is 0.0198. The van der Waals surface area contributed by atoms with Gasteiger partial charge in [-0.1, -0.05) is 203 Å². The molecular weight excluding hydrogens is 969 g/mol. The van der Waals surface area contributed by atoms with Gasteiger partial charge in [-0.15, -0.1) is 0 Å². The number of carbonyl (C=O) groups excluding carboxylic acids is 4. The molecule has 4 N–H and O–H groups in total. The van der Waals surface area contributed by atoms with E-state index in [0.717, 1.165) is 155 Å². The van der Waals surface area contributed by atoms with Crippen LogP contribution in [0.15, 0.2) is 0 Å². The first-order valence-corrected chi connectivity index (χ1v) is 33.5. The molecule has 0 saturated heterocycles. The van der Waals surface area contributed by atoms with Crippen LogP contribution in [0.5, 0.6) is 0 Å². The van der Waals surface area contributed by atoms with Crippen LogP contribution in [0.2, 0.25) is 0 Å². The molecule has 0 fully saturated rings. The van der Waals surface area contributed by atoms with Gasteiger partial charge in [0.1, 0.15) is 0 Å². The van der Waals surface area contributed by atoms with E-state index in [9.17, 15) is 29.4 Å². The normalized spacial score (nSPS) is 12.4. The highest BCUT2D eigenvalue weighted by atomic mass is 33.1. The van der Waals surface area contributed by atoms with Crippen LogP contribution in [0.3, 0.4) is 0 Å². The minimum absolute atomic E-state index is 0.00828. The Bertz CT molecular complexity index is 1160. The SMILES string of the molecule is CCCCCCCCC(CCCCCC)C(=O)OCCCCCCN(CCCCO)CCC(=O)NCSSCNC(=O)CCN(CCCCO)CCCCCCOC(=O)C(CCCCCC)CCCCCCCC. The first-order valence-electron chi connectivity index (χ1n) is 31.0. The molecule has 0 aromatic heterocycles. The smallest absolute Gasteiger partial charge is 0.308 e. The van der Waals surface area contributed by atoms with E-state index >= 15 is 0 Å². The molecular formula is C60H118N4O8S2. The van der Waals surface area contributed by atoms with Crippen molar-refractivity contribution in [3.05, 3.63) is 0 Å². The highest BCUT2D eigenvalue weighted by Gasteiger charge is 2.21. The molecule has 12 nitrogen and oxygen atoms in total. The number of esters is 2. The lowest BCUT2D eigenvalue weighted by Gasteiger charge is -2.22. The Hall–Kier alpha value is -1.58. The molecule has 0 rings (SSSR count). The number of aliphatic hydroxyl groups is 2. The highest BCUT2D eigenvalue weighted by molar-refractivity contribution is 8.76. The molecule has 2 unspecified atom stereocenters. The minimum atomic E-state index is 0.00828. The van der Waals surface area contributed by atoms with Crippen molar-refractivity contribution in [3.8, 4) is 0 Å². The molecule has 0 aliphatic carbocycles. The zero-order valence-electron chi connectivity index (χ0n) is 48.6. The third kappa shape index (κ3) is 48.8. The number of ether oxygens (including phenoxy) is 2. The summed E-state index contributed by atoms with van der Waals surface area (Å²) >= 11 is 0. The molecule has 0 heterocycles. The number of aliphatic hydroxyl groups excluding tert-OH is 2. The van der Waals surface area contributed by atoms with Crippen molar-refractivity contribution < 1.29 is 38.9 Å². The first-order chi connectivity index (χ1) is 36.3. The lowest BCUT2D eigenvalue weighted by atomic mass is 9.94. The van der Waals surface area contributed by atoms with Crippen molar-refractivity contribution in [2.75, 3.05) is 77.4 Å². The molecule has 0 spiro atoms. The van der Waals surface area contributed by atoms with E-state index in [4.69, 9.17) is 9.47 Å². The van der Waals surface area contributed by atoms with E-state index in [-0.39, 0.29) is 48.8 Å². The van der Waals surface area contributed by atoms with Crippen molar-refractivity contribution in [1.82, 2.24) is 20.4 Å². The molecule has 2 amide bonds. The van der Waals surface area contributed by atoms with Gasteiger partial charge in [-0.05, 0) is 103 Å². The van der Waals surface area contributed by atoms with Gasteiger partial charge in [0.15, 0.2) is 0 Å². The van der Waals surface area contributed by atoms with Crippen molar-refractivity contribution in [2.45, 2.75) is 272 Å². The van der Waals surface area contributed by atoms with Gasteiger partial charge in [-0.2, -0.15) is 0 Å². The van der Waals surface area contributed by atoms with Crippen LogP contribution in [-0.4, -0.2) is 121 Å². The predicted octanol–water partition coefficient (Wildman–Crippen LogP) is 14.3. The van der Waals surface area contributed by atoms with E-state index in [1.165, 1.54) is 124 Å². The topological polar surface area (TPSA) is 158 Å². The van der Waals surface area contributed by atoms with Crippen LogP contribution in [-0.2, 0) is 28.7 Å². The van der Waals surface area contributed by atoms with Gasteiger partial charge < -0.3 is 40.1 Å². The van der Waals surface area contributed by atoms with Crippen LogP contribution in [0.25, 0.3) is 0 Å². The van der Waals surface area contributed by atoms with Crippen LogP contribution in [0.1, 0.15) is 272 Å². The summed E-state index contributed by atoms with van der Waals surface area (Å²) in [6.07, 6.45) is 40.2. The molecule has 0 aromatic carbocycles. The summed E-state index contributed by atoms with van der Waals surface area (Å²) in [5.41, 5.74) is 0. The van der Waals surface area contributed by atoms with E-state index in [0.29, 0.717) is 50.9 Å². The maximum Gasteiger partial charge on any atom is 0.308 e. The fourth-order valence-corrected chi connectivity index (χ4v) is 10.9. The molecule has 0 aromatic rings. The van der Waals surface area contributed by atoms with Crippen molar-refractivity contribution in [3.63, 3.8) is 0 Å². The Labute approximate surface area is 463 Å². The second-order valence-electron chi connectivity index (χ2n) is 21.1. The number of unbranched alkanes of at least 4 members (excludes halogenated alkanes) is 24. The Morgan fingerprint density at radius 3 is 1.00 bits per heavy atom. The Morgan fingerprint density at radius 2 is 0.662 bits per heavy atom. The van der Waals surface area contributed by atoms with Gasteiger partial charge in [-0.3, -0.25) is 19.2 Å². The molecule has 0 radical (unpaired) electrons. The largest absolute Gasteiger partial charge is 0.465 e. The maximum absolute atomic E-state index is 13.0. The predicted molar refractivity (Wildman–Crippen MR) is 315 cm³/mol. The van der Waals surface area contributed by atoms with Gasteiger partial charge in [-0.25, -0.2) is 0 Å². The second kappa shape index (κ2) is 57.6. The van der Waals surface area contributed by atoms with Crippen LogP contribution < -0.4 is 10.6 Å². The summed E-state index contributed by atoms with van der Waals surface area (Å²) in [5, 5.41) is 24.7. The zero-order valence-corrected chi connectivity index (χ0v) is 50.2. The van der Waals surface area contributed by atoms with Gasteiger partial charge >= 0.3 is 11.9 Å². The number of hydrogen-bond donors (Lipinski definition) is 4. The Balaban J connectivity index is 4.43. The van der Waals surface area contributed by atoms with Gasteiger partial charge in [0.25, 0.3) is 0 Å². The highest BCUT2D eigenvalue weighted by Crippen LogP contribution is 2.23. The number of hydrogen-bond acceptors (Lipinski definition) is 12. The number of nitrogens with one attached hydrogen (secondary N) is 2. The number of nitrogens with zero attached hydrogens (tertiary/aromatic N) is 2. The van der Waals surface area contributed by atoms with Crippen LogP contribution >= 0.6 is 21.6 Å². The van der Waals surface area contributed by atoms with Gasteiger partial charge in [0.05, 0.1) is 36.8 Å². The average Bonchev–Trinajstić information content (AvgIpc) is 3.40. The van der Waals surface area contributed by atoms with Gasteiger partial charge in [0.2, 0.25) is 11.8 Å². The molecule has 74 heavy (non-hydrogen) atoms. The molecule has 438 valence electrons. The fraction of sp³-hybridized carbons (Fsp3) is 0.933. The molecule has 0 aliphatic heterocycles. The Morgan fingerprint density at radius 1 is 0.378 bits per heavy atom. The number of rotatable bonds is 59. The van der Waals surface area contributed by atoms with Crippen LogP contribution in [0.4, 0.5) is 0 Å². The van der Waals surface area contributed by atoms with E-state index in [1.807, 2.05) is 0 Å².